The third kappa shape index (κ3) is 4.37. The summed E-state index contributed by atoms with van der Waals surface area (Å²) in [7, 11) is 0. The molecule has 0 bridgehead atoms. The van der Waals surface area contributed by atoms with Gasteiger partial charge in [-0.3, -0.25) is 4.79 Å². The van der Waals surface area contributed by atoms with Crippen LogP contribution in [0.2, 0.25) is 0 Å². The molecule has 0 radical (unpaired) electrons. The zero-order valence-electron chi connectivity index (χ0n) is 11.6. The van der Waals surface area contributed by atoms with E-state index in [-0.39, 0.29) is 17.2 Å². The molecule has 0 saturated heterocycles. The van der Waals surface area contributed by atoms with Gasteiger partial charge in [0.1, 0.15) is 17.4 Å². The van der Waals surface area contributed by atoms with Crippen LogP contribution in [0.15, 0.2) is 18.2 Å². The summed E-state index contributed by atoms with van der Waals surface area (Å²) in [6, 6.07) is 2.03. The predicted octanol–water partition coefficient (Wildman–Crippen LogP) is 0.722. The molecule has 1 rings (SSSR count). The monoisotopic (exact) mass is 295 g/mol. The van der Waals surface area contributed by atoms with E-state index >= 15 is 0 Å². The van der Waals surface area contributed by atoms with Gasteiger partial charge in [-0.1, -0.05) is 13.8 Å². The van der Waals surface area contributed by atoms with Gasteiger partial charge in [-0.25, -0.2) is 9.59 Å². The normalized spacial score (nSPS) is 11.8. The topological polar surface area (TPSA) is 142 Å². The fraction of sp³-hybridized carbons (Fsp3) is 0.308. The van der Waals surface area contributed by atoms with Crippen molar-refractivity contribution in [2.45, 2.75) is 19.9 Å². The van der Waals surface area contributed by atoms with Crippen LogP contribution >= 0.6 is 0 Å². The number of benzene rings is 1. The fourth-order valence-corrected chi connectivity index (χ4v) is 1.66. The van der Waals surface area contributed by atoms with E-state index in [1.165, 1.54) is 6.07 Å². The van der Waals surface area contributed by atoms with Crippen molar-refractivity contribution in [3.05, 3.63) is 23.8 Å². The fourth-order valence-electron chi connectivity index (χ4n) is 1.66. The van der Waals surface area contributed by atoms with Gasteiger partial charge in [0, 0.05) is 5.69 Å². The predicted molar refractivity (Wildman–Crippen MR) is 75.0 cm³/mol. The quantitative estimate of drug-likeness (QED) is 0.509. The molecule has 8 heteroatoms. The second-order valence-electron chi connectivity index (χ2n) is 4.76. The lowest BCUT2D eigenvalue weighted by Gasteiger charge is -2.19. The molecule has 21 heavy (non-hydrogen) atoms. The summed E-state index contributed by atoms with van der Waals surface area (Å²) in [6.45, 7) is 3.44. The molecule has 1 unspecified atom stereocenters. The van der Waals surface area contributed by atoms with E-state index in [1.54, 1.807) is 13.8 Å². The van der Waals surface area contributed by atoms with Crippen molar-refractivity contribution >= 4 is 23.6 Å². The number of hydrogen-bond acceptors (Lipinski definition) is 4. The number of carbonyl (C=O) groups is 3. The Morgan fingerprint density at radius 2 is 1.86 bits per heavy atom. The molecule has 1 aromatic carbocycles. The minimum atomic E-state index is -1.33. The smallest absolute Gasteiger partial charge is 0.339 e. The summed E-state index contributed by atoms with van der Waals surface area (Å²) in [5.74, 6) is -2.60. The molecule has 1 atom stereocenters. The average Bonchev–Trinajstić information content (AvgIpc) is 2.37. The Bertz CT molecular complexity index is 571. The van der Waals surface area contributed by atoms with Gasteiger partial charge >= 0.3 is 12.0 Å². The molecular formula is C13H17N3O5. The molecule has 8 nitrogen and oxygen atoms in total. The van der Waals surface area contributed by atoms with E-state index < -0.39 is 29.7 Å². The summed E-state index contributed by atoms with van der Waals surface area (Å²) in [6.07, 6.45) is 0. The standard InChI is InChI=1S/C13H17N3O5/c1-6(2)10(11(14)18)16-13(21)15-7-3-4-9(17)8(5-7)12(19)20/h3-6,10,17H,1-2H3,(H2,14,18)(H,19,20)(H2,15,16,21). The van der Waals surface area contributed by atoms with Gasteiger partial charge in [-0.15, -0.1) is 0 Å². The molecule has 0 aliphatic rings. The number of carboxylic acid groups (broad SMARTS) is 1. The van der Waals surface area contributed by atoms with Crippen LogP contribution in [0.1, 0.15) is 24.2 Å². The largest absolute Gasteiger partial charge is 0.507 e. The van der Waals surface area contributed by atoms with Crippen LogP contribution in [-0.2, 0) is 4.79 Å². The highest BCUT2D eigenvalue weighted by molar-refractivity contribution is 5.96. The highest BCUT2D eigenvalue weighted by Gasteiger charge is 2.21. The maximum Gasteiger partial charge on any atom is 0.339 e. The summed E-state index contributed by atoms with van der Waals surface area (Å²) >= 11 is 0. The van der Waals surface area contributed by atoms with Crippen molar-refractivity contribution in [2.24, 2.45) is 11.7 Å². The maximum atomic E-state index is 11.8. The number of nitrogens with one attached hydrogen (secondary N) is 2. The number of urea groups is 1. The van der Waals surface area contributed by atoms with E-state index in [1.807, 2.05) is 0 Å². The van der Waals surface area contributed by atoms with Gasteiger partial charge in [0.15, 0.2) is 0 Å². The molecule has 0 aliphatic heterocycles. The van der Waals surface area contributed by atoms with Gasteiger partial charge in [0.25, 0.3) is 0 Å². The van der Waals surface area contributed by atoms with Crippen LogP contribution < -0.4 is 16.4 Å². The highest BCUT2D eigenvalue weighted by atomic mass is 16.4. The van der Waals surface area contributed by atoms with Gasteiger partial charge in [0.2, 0.25) is 5.91 Å². The Labute approximate surface area is 120 Å². The molecule has 114 valence electrons. The van der Waals surface area contributed by atoms with Gasteiger partial charge in [0.05, 0.1) is 0 Å². The number of phenols is 1. The number of anilines is 1. The van der Waals surface area contributed by atoms with Gasteiger partial charge in [-0.05, 0) is 24.1 Å². The van der Waals surface area contributed by atoms with E-state index in [0.717, 1.165) is 12.1 Å². The first-order chi connectivity index (χ1) is 9.72. The number of hydrogen-bond donors (Lipinski definition) is 5. The lowest BCUT2D eigenvalue weighted by Crippen LogP contribution is -2.49. The number of nitrogens with two attached hydrogens (primary N) is 1. The molecule has 0 spiro atoms. The van der Waals surface area contributed by atoms with Crippen LogP contribution in [0.3, 0.4) is 0 Å². The molecule has 3 amide bonds. The van der Waals surface area contributed by atoms with Crippen molar-refractivity contribution < 1.29 is 24.6 Å². The van der Waals surface area contributed by atoms with Crippen molar-refractivity contribution in [1.82, 2.24) is 5.32 Å². The molecule has 0 heterocycles. The Balaban J connectivity index is 2.82. The molecule has 1 aromatic rings. The molecular weight excluding hydrogens is 278 g/mol. The van der Waals surface area contributed by atoms with Crippen LogP contribution in [0.25, 0.3) is 0 Å². The highest BCUT2D eigenvalue weighted by Crippen LogP contribution is 2.21. The zero-order valence-corrected chi connectivity index (χ0v) is 11.6. The number of amides is 3. The van der Waals surface area contributed by atoms with Crippen LogP contribution in [-0.4, -0.2) is 34.2 Å². The van der Waals surface area contributed by atoms with E-state index in [0.29, 0.717) is 0 Å². The number of rotatable bonds is 5. The van der Waals surface area contributed by atoms with Crippen LogP contribution in [0, 0.1) is 5.92 Å². The Hall–Kier alpha value is -2.77. The molecule has 0 saturated carbocycles. The van der Waals surface area contributed by atoms with Crippen molar-refractivity contribution in [3.8, 4) is 5.75 Å². The Morgan fingerprint density at radius 1 is 1.24 bits per heavy atom. The Morgan fingerprint density at radius 3 is 2.33 bits per heavy atom. The number of aromatic hydroxyl groups is 1. The second kappa shape index (κ2) is 6.60. The minimum Gasteiger partial charge on any atom is -0.507 e. The van der Waals surface area contributed by atoms with Crippen LogP contribution in [0.5, 0.6) is 5.75 Å². The Kier molecular flexibility index (Phi) is 5.12. The SMILES string of the molecule is CC(C)C(NC(=O)Nc1ccc(O)c(C(=O)O)c1)C(N)=O. The van der Waals surface area contributed by atoms with E-state index in [4.69, 9.17) is 10.8 Å². The number of aromatic carboxylic acids is 1. The first kappa shape index (κ1) is 16.3. The molecule has 0 fully saturated rings. The third-order valence-corrected chi connectivity index (χ3v) is 2.74. The van der Waals surface area contributed by atoms with Crippen molar-refractivity contribution in [2.75, 3.05) is 5.32 Å². The van der Waals surface area contributed by atoms with E-state index in [2.05, 4.69) is 10.6 Å². The van der Waals surface area contributed by atoms with Crippen LogP contribution in [0.4, 0.5) is 10.5 Å². The number of primary amides is 1. The third-order valence-electron chi connectivity index (χ3n) is 2.74. The lowest BCUT2D eigenvalue weighted by atomic mass is 10.0. The van der Waals surface area contributed by atoms with Crippen molar-refractivity contribution in [3.63, 3.8) is 0 Å². The maximum absolute atomic E-state index is 11.8. The van der Waals surface area contributed by atoms with E-state index in [9.17, 15) is 19.5 Å². The first-order valence-corrected chi connectivity index (χ1v) is 6.15. The van der Waals surface area contributed by atoms with Crippen molar-refractivity contribution in [1.29, 1.82) is 0 Å². The summed E-state index contributed by atoms with van der Waals surface area (Å²) in [5.41, 5.74) is 4.99. The summed E-state index contributed by atoms with van der Waals surface area (Å²) in [5, 5.41) is 23.0. The minimum absolute atomic E-state index is 0.162. The summed E-state index contributed by atoms with van der Waals surface area (Å²) < 4.78 is 0. The molecule has 0 aliphatic carbocycles. The zero-order chi connectivity index (χ0) is 16.2. The second-order valence-corrected chi connectivity index (χ2v) is 4.76. The lowest BCUT2D eigenvalue weighted by molar-refractivity contribution is -0.120. The van der Waals surface area contributed by atoms with Gasteiger partial charge in [-0.2, -0.15) is 0 Å². The summed E-state index contributed by atoms with van der Waals surface area (Å²) in [4.78, 5) is 33.8. The molecule has 6 N–H and O–H groups in total. The average molecular weight is 295 g/mol. The number of carboxylic acids is 1. The number of carbonyl (C=O) groups excluding carboxylic acids is 2. The van der Waals surface area contributed by atoms with Gasteiger partial charge < -0.3 is 26.6 Å². The first-order valence-electron chi connectivity index (χ1n) is 6.15. The molecule has 0 aromatic heterocycles.